The molecule has 0 aliphatic carbocycles. The van der Waals surface area contributed by atoms with Gasteiger partial charge in [0, 0.05) is 29.7 Å². The molecule has 2 heterocycles. The van der Waals surface area contributed by atoms with E-state index in [1.54, 1.807) is 30.7 Å². The van der Waals surface area contributed by atoms with Crippen LogP contribution in [0.15, 0.2) is 61.1 Å². The molecule has 0 bridgehead atoms. The molecule has 4 nitrogen and oxygen atoms in total. The van der Waals surface area contributed by atoms with E-state index in [1.165, 1.54) is 0 Å². The van der Waals surface area contributed by atoms with Crippen molar-refractivity contribution in [2.75, 3.05) is 0 Å². The number of nitrogens with one attached hydrogen (secondary N) is 1. The zero-order valence-electron chi connectivity index (χ0n) is 10.1. The lowest BCUT2D eigenvalue weighted by Gasteiger charge is -2.02. The van der Waals surface area contributed by atoms with Crippen LogP contribution in [0.5, 0.6) is 0 Å². The van der Waals surface area contributed by atoms with Crippen LogP contribution in [0.3, 0.4) is 0 Å². The second kappa shape index (κ2) is 4.86. The normalized spacial score (nSPS) is 10.3. The van der Waals surface area contributed by atoms with Crippen molar-refractivity contribution in [2.24, 2.45) is 0 Å². The van der Waals surface area contributed by atoms with Gasteiger partial charge < -0.3 is 4.98 Å². The Balaban J connectivity index is 1.99. The van der Waals surface area contributed by atoms with Crippen molar-refractivity contribution in [3.63, 3.8) is 0 Å². The second-order valence-corrected chi connectivity index (χ2v) is 4.06. The summed E-state index contributed by atoms with van der Waals surface area (Å²) >= 11 is 0. The third kappa shape index (κ3) is 2.28. The second-order valence-electron chi connectivity index (χ2n) is 4.06. The summed E-state index contributed by atoms with van der Waals surface area (Å²) in [6.45, 7) is 0. The summed E-state index contributed by atoms with van der Waals surface area (Å²) in [7, 11) is 0. The van der Waals surface area contributed by atoms with E-state index in [9.17, 15) is 4.79 Å². The lowest BCUT2D eigenvalue weighted by molar-refractivity contribution is 0.103. The Morgan fingerprint density at radius 2 is 1.84 bits per heavy atom. The highest BCUT2D eigenvalue weighted by Crippen LogP contribution is 2.18. The van der Waals surface area contributed by atoms with Gasteiger partial charge in [0.2, 0.25) is 5.78 Å². The number of H-pyrrole nitrogens is 1. The van der Waals surface area contributed by atoms with Crippen molar-refractivity contribution in [2.45, 2.75) is 0 Å². The number of nitrogens with zero attached hydrogens (tertiary/aromatic N) is 2. The molecule has 92 valence electrons. The van der Waals surface area contributed by atoms with Crippen LogP contribution in [0.25, 0.3) is 11.3 Å². The maximum absolute atomic E-state index is 12.2. The van der Waals surface area contributed by atoms with Crippen LogP contribution in [-0.2, 0) is 0 Å². The number of benzene rings is 1. The molecule has 1 N–H and O–H groups in total. The van der Waals surface area contributed by atoms with Crippen LogP contribution in [0.2, 0.25) is 0 Å². The van der Waals surface area contributed by atoms with Crippen molar-refractivity contribution < 1.29 is 4.79 Å². The molecule has 0 atom stereocenters. The number of pyridine rings is 1. The lowest BCUT2D eigenvalue weighted by Crippen LogP contribution is -2.04. The molecule has 0 aliphatic rings. The van der Waals surface area contributed by atoms with E-state index in [0.29, 0.717) is 11.4 Å². The van der Waals surface area contributed by atoms with Gasteiger partial charge in [-0.3, -0.25) is 9.78 Å². The first-order valence-electron chi connectivity index (χ1n) is 5.90. The van der Waals surface area contributed by atoms with Gasteiger partial charge in [-0.1, -0.05) is 30.3 Å². The molecule has 0 saturated heterocycles. The van der Waals surface area contributed by atoms with Gasteiger partial charge in [-0.15, -0.1) is 0 Å². The van der Waals surface area contributed by atoms with Gasteiger partial charge in [0.05, 0.1) is 5.69 Å². The molecule has 0 radical (unpaired) electrons. The number of hydrogen-bond donors (Lipinski definition) is 1. The van der Waals surface area contributed by atoms with Crippen LogP contribution in [0.1, 0.15) is 16.2 Å². The minimum absolute atomic E-state index is 0.135. The maximum Gasteiger partial charge on any atom is 0.228 e. The van der Waals surface area contributed by atoms with E-state index in [2.05, 4.69) is 15.0 Å². The first kappa shape index (κ1) is 11.3. The SMILES string of the molecule is O=C(c1ccnc(-c2ccccc2)c1)c1ncc[nH]1. The lowest BCUT2D eigenvalue weighted by atomic mass is 10.1. The monoisotopic (exact) mass is 249 g/mol. The smallest absolute Gasteiger partial charge is 0.228 e. The molecule has 0 unspecified atom stereocenters. The summed E-state index contributed by atoms with van der Waals surface area (Å²) in [6.07, 6.45) is 4.83. The first-order valence-corrected chi connectivity index (χ1v) is 5.90. The largest absolute Gasteiger partial charge is 0.342 e. The van der Waals surface area contributed by atoms with E-state index >= 15 is 0 Å². The van der Waals surface area contributed by atoms with Gasteiger partial charge in [-0.2, -0.15) is 0 Å². The first-order chi connectivity index (χ1) is 9.34. The van der Waals surface area contributed by atoms with Gasteiger partial charge in [0.15, 0.2) is 5.82 Å². The molecule has 4 heteroatoms. The highest BCUT2D eigenvalue weighted by atomic mass is 16.1. The average Bonchev–Trinajstić information content (AvgIpc) is 3.02. The van der Waals surface area contributed by atoms with Crippen LogP contribution in [-0.4, -0.2) is 20.7 Å². The fourth-order valence-electron chi connectivity index (χ4n) is 1.86. The summed E-state index contributed by atoms with van der Waals surface area (Å²) in [5.41, 5.74) is 2.33. The highest BCUT2D eigenvalue weighted by Gasteiger charge is 2.12. The fourth-order valence-corrected chi connectivity index (χ4v) is 1.86. The Bertz CT molecular complexity index is 690. The molecule has 0 fully saturated rings. The van der Waals surface area contributed by atoms with E-state index in [0.717, 1.165) is 11.3 Å². The van der Waals surface area contributed by atoms with Crippen LogP contribution in [0.4, 0.5) is 0 Å². The van der Waals surface area contributed by atoms with Crippen molar-refractivity contribution >= 4 is 5.78 Å². The van der Waals surface area contributed by atoms with E-state index in [1.807, 2.05) is 30.3 Å². The van der Waals surface area contributed by atoms with Gasteiger partial charge in [-0.25, -0.2) is 4.98 Å². The van der Waals surface area contributed by atoms with Gasteiger partial charge >= 0.3 is 0 Å². The summed E-state index contributed by atoms with van der Waals surface area (Å²) < 4.78 is 0. The van der Waals surface area contributed by atoms with Crippen molar-refractivity contribution in [1.29, 1.82) is 0 Å². The Labute approximate surface area is 110 Å². The number of hydrogen-bond acceptors (Lipinski definition) is 3. The standard InChI is InChI=1S/C15H11N3O/c19-14(15-17-8-9-18-15)12-6-7-16-13(10-12)11-4-2-1-3-5-11/h1-10H,(H,17,18). The summed E-state index contributed by atoms with van der Waals surface area (Å²) in [5.74, 6) is 0.204. The fraction of sp³-hybridized carbons (Fsp3) is 0. The number of rotatable bonds is 3. The molecule has 0 aliphatic heterocycles. The van der Waals surface area contributed by atoms with Gasteiger partial charge in [0.25, 0.3) is 0 Å². The predicted molar refractivity (Wildman–Crippen MR) is 71.7 cm³/mol. The van der Waals surface area contributed by atoms with Gasteiger partial charge in [0.1, 0.15) is 0 Å². The molecule has 2 aromatic heterocycles. The van der Waals surface area contributed by atoms with Crippen molar-refractivity contribution in [3.8, 4) is 11.3 Å². The maximum atomic E-state index is 12.2. The number of aromatic amines is 1. The average molecular weight is 249 g/mol. The third-order valence-corrected chi connectivity index (χ3v) is 2.80. The number of carbonyl (C=O) groups is 1. The molecular formula is C15H11N3O. The van der Waals surface area contributed by atoms with E-state index in [4.69, 9.17) is 0 Å². The van der Waals surface area contributed by atoms with Crippen molar-refractivity contribution in [3.05, 3.63) is 72.4 Å². The van der Waals surface area contributed by atoms with E-state index < -0.39 is 0 Å². The zero-order chi connectivity index (χ0) is 13.1. The summed E-state index contributed by atoms with van der Waals surface area (Å²) in [4.78, 5) is 23.2. The van der Waals surface area contributed by atoms with Crippen LogP contribution < -0.4 is 0 Å². The Kier molecular flexibility index (Phi) is 2.90. The molecule has 3 rings (SSSR count). The molecular weight excluding hydrogens is 238 g/mol. The molecule has 3 aromatic rings. The third-order valence-electron chi connectivity index (χ3n) is 2.80. The van der Waals surface area contributed by atoms with Gasteiger partial charge in [-0.05, 0) is 12.1 Å². The Morgan fingerprint density at radius 3 is 2.58 bits per heavy atom. The molecule has 0 saturated carbocycles. The highest BCUT2D eigenvalue weighted by molar-refractivity contribution is 6.06. The number of ketones is 1. The molecule has 0 amide bonds. The van der Waals surface area contributed by atoms with Crippen molar-refractivity contribution in [1.82, 2.24) is 15.0 Å². The quantitative estimate of drug-likeness (QED) is 0.726. The summed E-state index contributed by atoms with van der Waals surface area (Å²) in [6, 6.07) is 13.2. The minimum Gasteiger partial charge on any atom is -0.342 e. The number of aromatic nitrogens is 3. The topological polar surface area (TPSA) is 58.6 Å². The predicted octanol–water partition coefficient (Wildman–Crippen LogP) is 2.70. The number of imidazole rings is 1. The number of carbonyl (C=O) groups excluding carboxylic acids is 1. The molecule has 0 spiro atoms. The minimum atomic E-state index is -0.135. The summed E-state index contributed by atoms with van der Waals surface area (Å²) in [5, 5.41) is 0. The Hall–Kier alpha value is -2.75. The Morgan fingerprint density at radius 1 is 1.00 bits per heavy atom. The molecule has 1 aromatic carbocycles. The van der Waals surface area contributed by atoms with Crippen LogP contribution in [0, 0.1) is 0 Å². The zero-order valence-corrected chi connectivity index (χ0v) is 10.1. The molecule has 19 heavy (non-hydrogen) atoms. The van der Waals surface area contributed by atoms with E-state index in [-0.39, 0.29) is 5.78 Å². The van der Waals surface area contributed by atoms with Crippen LogP contribution >= 0.6 is 0 Å².